The van der Waals surface area contributed by atoms with Crippen LogP contribution in [0, 0.1) is 13.8 Å². The third kappa shape index (κ3) is 1.23. The van der Waals surface area contributed by atoms with Gasteiger partial charge in [-0.15, -0.1) is 11.3 Å². The molecule has 15 heavy (non-hydrogen) atoms. The Labute approximate surface area is 92.1 Å². The van der Waals surface area contributed by atoms with Crippen LogP contribution in [-0.2, 0) is 0 Å². The number of fused-ring (bicyclic) bond motifs is 2. The van der Waals surface area contributed by atoms with Crippen molar-refractivity contribution >= 4 is 11.3 Å². The smallest absolute Gasteiger partial charge is 0.184 e. The molecule has 76 valence electrons. The van der Waals surface area contributed by atoms with Gasteiger partial charge in [0, 0.05) is 9.75 Å². The van der Waals surface area contributed by atoms with Crippen LogP contribution in [0.25, 0.3) is 0 Å². The lowest BCUT2D eigenvalue weighted by Crippen LogP contribution is -1.97. The number of ether oxygens (including phenoxy) is 2. The van der Waals surface area contributed by atoms with Gasteiger partial charge in [-0.2, -0.15) is 0 Å². The lowest BCUT2D eigenvalue weighted by Gasteiger charge is -2.18. The van der Waals surface area contributed by atoms with Crippen LogP contribution in [0.15, 0.2) is 24.3 Å². The van der Waals surface area contributed by atoms with E-state index in [2.05, 4.69) is 0 Å². The maximum atomic E-state index is 5.81. The topological polar surface area (TPSA) is 18.5 Å². The molecule has 0 spiro atoms. The average Bonchev–Trinajstić information content (AvgIpc) is 2.52. The Balaban J connectivity index is 2.16. The number of aryl methyl sites for hydroxylation is 2. The van der Waals surface area contributed by atoms with E-state index in [9.17, 15) is 0 Å². The zero-order valence-corrected chi connectivity index (χ0v) is 9.35. The highest BCUT2D eigenvalue weighted by atomic mass is 32.1. The molecule has 2 heterocycles. The van der Waals surface area contributed by atoms with Gasteiger partial charge in [0.05, 0.1) is 0 Å². The molecule has 0 saturated carbocycles. The van der Waals surface area contributed by atoms with Crippen molar-refractivity contribution in [3.63, 3.8) is 0 Å². The summed E-state index contributed by atoms with van der Waals surface area (Å²) in [6.07, 6.45) is 0. The Morgan fingerprint density at radius 3 is 1.80 bits per heavy atom. The second kappa shape index (κ2) is 3.00. The van der Waals surface area contributed by atoms with Gasteiger partial charge in [-0.05, 0) is 26.0 Å². The molecule has 0 amide bonds. The van der Waals surface area contributed by atoms with E-state index in [4.69, 9.17) is 9.47 Å². The first-order valence-corrected chi connectivity index (χ1v) is 5.62. The third-order valence-electron chi connectivity index (χ3n) is 2.43. The molecule has 3 heteroatoms. The van der Waals surface area contributed by atoms with Crippen LogP contribution in [0.5, 0.6) is 23.0 Å². The van der Waals surface area contributed by atoms with E-state index < -0.39 is 0 Å². The van der Waals surface area contributed by atoms with Crippen molar-refractivity contribution in [2.75, 3.05) is 0 Å². The molecule has 1 aromatic heterocycles. The van der Waals surface area contributed by atoms with E-state index in [0.29, 0.717) is 0 Å². The first-order valence-electron chi connectivity index (χ1n) is 4.80. The molecule has 0 saturated heterocycles. The minimum atomic E-state index is 0.797. The molecule has 0 N–H and O–H groups in total. The Bertz CT molecular complexity index is 483. The number of rotatable bonds is 0. The first kappa shape index (κ1) is 8.80. The maximum absolute atomic E-state index is 5.81. The molecule has 0 fully saturated rings. The Kier molecular flexibility index (Phi) is 1.76. The molecule has 3 rings (SSSR count). The van der Waals surface area contributed by atoms with Crippen LogP contribution in [0.4, 0.5) is 0 Å². The number of thiophene rings is 1. The van der Waals surface area contributed by atoms with E-state index in [1.54, 1.807) is 11.3 Å². The van der Waals surface area contributed by atoms with Crippen LogP contribution >= 0.6 is 11.3 Å². The predicted octanol–water partition coefficient (Wildman–Crippen LogP) is 4.26. The first-order chi connectivity index (χ1) is 7.25. The van der Waals surface area contributed by atoms with Crippen LogP contribution in [-0.4, -0.2) is 0 Å². The molecule has 2 aromatic rings. The van der Waals surface area contributed by atoms with Crippen molar-refractivity contribution in [2.45, 2.75) is 13.8 Å². The number of hydrogen-bond acceptors (Lipinski definition) is 3. The molecular weight excluding hydrogens is 208 g/mol. The summed E-state index contributed by atoms with van der Waals surface area (Å²) in [5, 5.41) is 0. The molecule has 0 radical (unpaired) electrons. The lowest BCUT2D eigenvalue weighted by atomic mass is 10.2. The summed E-state index contributed by atoms with van der Waals surface area (Å²) in [5.74, 6) is 3.34. The van der Waals surface area contributed by atoms with Crippen molar-refractivity contribution in [1.29, 1.82) is 0 Å². The summed E-state index contributed by atoms with van der Waals surface area (Å²) in [6.45, 7) is 4.10. The fourth-order valence-electron chi connectivity index (χ4n) is 1.72. The second-order valence-electron chi connectivity index (χ2n) is 3.52. The molecule has 0 aliphatic carbocycles. The summed E-state index contributed by atoms with van der Waals surface area (Å²) in [7, 11) is 0. The Morgan fingerprint density at radius 2 is 1.33 bits per heavy atom. The second-order valence-corrected chi connectivity index (χ2v) is 4.95. The average molecular weight is 218 g/mol. The van der Waals surface area contributed by atoms with Gasteiger partial charge in [0.1, 0.15) is 0 Å². The quantitative estimate of drug-likeness (QED) is 0.561. The molecule has 1 aliphatic rings. The Hall–Kier alpha value is -1.48. The Morgan fingerprint density at radius 1 is 0.867 bits per heavy atom. The molecule has 0 atom stereocenters. The van der Waals surface area contributed by atoms with Gasteiger partial charge >= 0.3 is 0 Å². The fourth-order valence-corrected chi connectivity index (χ4v) is 2.63. The molecule has 2 nitrogen and oxygen atoms in total. The van der Waals surface area contributed by atoms with Gasteiger partial charge in [0.15, 0.2) is 23.0 Å². The highest BCUT2D eigenvalue weighted by Gasteiger charge is 2.24. The molecule has 0 unspecified atom stereocenters. The molecule has 0 bridgehead atoms. The molecule has 1 aromatic carbocycles. The van der Waals surface area contributed by atoms with E-state index in [1.807, 2.05) is 38.1 Å². The van der Waals surface area contributed by atoms with E-state index in [1.165, 1.54) is 0 Å². The van der Waals surface area contributed by atoms with Gasteiger partial charge in [-0.25, -0.2) is 0 Å². The highest BCUT2D eigenvalue weighted by Crippen LogP contribution is 2.51. The zero-order valence-electron chi connectivity index (χ0n) is 8.53. The SMILES string of the molecule is Cc1sc(C)c2c1Oc1ccccc1O2. The maximum Gasteiger partial charge on any atom is 0.184 e. The predicted molar refractivity (Wildman–Crippen MR) is 60.4 cm³/mol. The van der Waals surface area contributed by atoms with Crippen LogP contribution < -0.4 is 9.47 Å². The summed E-state index contributed by atoms with van der Waals surface area (Å²) < 4.78 is 11.6. The summed E-state index contributed by atoms with van der Waals surface area (Å²) in [6, 6.07) is 7.74. The van der Waals surface area contributed by atoms with Crippen LogP contribution in [0.3, 0.4) is 0 Å². The largest absolute Gasteiger partial charge is 0.448 e. The van der Waals surface area contributed by atoms with Gasteiger partial charge in [0.2, 0.25) is 0 Å². The van der Waals surface area contributed by atoms with Gasteiger partial charge in [0.25, 0.3) is 0 Å². The van der Waals surface area contributed by atoms with E-state index >= 15 is 0 Å². The number of hydrogen-bond donors (Lipinski definition) is 0. The zero-order chi connectivity index (χ0) is 10.4. The highest BCUT2D eigenvalue weighted by molar-refractivity contribution is 7.12. The van der Waals surface area contributed by atoms with Crippen molar-refractivity contribution < 1.29 is 9.47 Å². The van der Waals surface area contributed by atoms with Crippen LogP contribution in [0.1, 0.15) is 9.75 Å². The van der Waals surface area contributed by atoms with Gasteiger partial charge < -0.3 is 9.47 Å². The molecular formula is C12H10O2S. The van der Waals surface area contributed by atoms with Gasteiger partial charge in [-0.1, -0.05) is 12.1 Å². The summed E-state index contributed by atoms with van der Waals surface area (Å²) in [4.78, 5) is 2.33. The van der Waals surface area contributed by atoms with Crippen molar-refractivity contribution in [3.05, 3.63) is 34.0 Å². The third-order valence-corrected chi connectivity index (χ3v) is 3.41. The standard InChI is InChI=1S/C12H10O2S/c1-7-11-12(8(2)15-7)14-10-6-4-3-5-9(10)13-11/h3-6H,1-2H3. The fraction of sp³-hybridized carbons (Fsp3) is 0.167. The monoisotopic (exact) mass is 218 g/mol. The normalized spacial score (nSPS) is 12.4. The van der Waals surface area contributed by atoms with Crippen molar-refractivity contribution in [1.82, 2.24) is 0 Å². The minimum absolute atomic E-state index is 0.797. The molecule has 1 aliphatic heterocycles. The van der Waals surface area contributed by atoms with E-state index in [-0.39, 0.29) is 0 Å². The minimum Gasteiger partial charge on any atom is -0.448 e. The van der Waals surface area contributed by atoms with Crippen molar-refractivity contribution in [2.24, 2.45) is 0 Å². The summed E-state index contributed by atoms with van der Waals surface area (Å²) in [5.41, 5.74) is 0. The summed E-state index contributed by atoms with van der Waals surface area (Å²) >= 11 is 1.71. The van der Waals surface area contributed by atoms with E-state index in [0.717, 1.165) is 32.8 Å². The number of benzene rings is 1. The van der Waals surface area contributed by atoms with Crippen molar-refractivity contribution in [3.8, 4) is 23.0 Å². The lowest BCUT2D eigenvalue weighted by molar-refractivity contribution is 0.359. The number of para-hydroxylation sites is 2. The van der Waals surface area contributed by atoms with Crippen LogP contribution in [0.2, 0.25) is 0 Å². The van der Waals surface area contributed by atoms with Gasteiger partial charge in [-0.3, -0.25) is 0 Å².